The monoisotopic (exact) mass is 183 g/mol. The standard InChI is InChI=1S/C10H14FNO/c1-13-10-4-2-3-8(5-10)9(6-11)7-12/h2-5,9H,6-7,12H2,1H3. The normalized spacial score (nSPS) is 12.5. The van der Waals surface area contributed by atoms with E-state index in [1.807, 2.05) is 24.3 Å². The molecular formula is C10H14FNO. The Hall–Kier alpha value is -1.09. The zero-order valence-corrected chi connectivity index (χ0v) is 7.66. The summed E-state index contributed by atoms with van der Waals surface area (Å²) in [7, 11) is 1.59. The van der Waals surface area contributed by atoms with Crippen molar-refractivity contribution < 1.29 is 9.13 Å². The van der Waals surface area contributed by atoms with Gasteiger partial charge in [0.05, 0.1) is 13.8 Å². The van der Waals surface area contributed by atoms with Gasteiger partial charge in [0.2, 0.25) is 0 Å². The Morgan fingerprint density at radius 1 is 1.54 bits per heavy atom. The first-order valence-electron chi connectivity index (χ1n) is 4.21. The number of hydrogen-bond acceptors (Lipinski definition) is 2. The molecule has 0 amide bonds. The molecule has 0 aromatic heterocycles. The van der Waals surface area contributed by atoms with Gasteiger partial charge in [0.15, 0.2) is 0 Å². The third-order valence-corrected chi connectivity index (χ3v) is 2.04. The summed E-state index contributed by atoms with van der Waals surface area (Å²) in [5.74, 6) is 0.527. The molecule has 0 heterocycles. The first-order valence-corrected chi connectivity index (χ1v) is 4.21. The first kappa shape index (κ1) is 9.99. The maximum Gasteiger partial charge on any atom is 0.119 e. The van der Waals surface area contributed by atoms with Gasteiger partial charge in [-0.25, -0.2) is 0 Å². The topological polar surface area (TPSA) is 35.2 Å². The van der Waals surface area contributed by atoms with Crippen molar-refractivity contribution in [1.29, 1.82) is 0 Å². The van der Waals surface area contributed by atoms with E-state index in [4.69, 9.17) is 10.5 Å². The second kappa shape index (κ2) is 4.82. The van der Waals surface area contributed by atoms with E-state index in [0.29, 0.717) is 6.54 Å². The van der Waals surface area contributed by atoms with E-state index in [1.54, 1.807) is 7.11 Å². The molecule has 0 radical (unpaired) electrons. The molecular weight excluding hydrogens is 169 g/mol. The van der Waals surface area contributed by atoms with Gasteiger partial charge in [-0.3, -0.25) is 4.39 Å². The number of benzene rings is 1. The van der Waals surface area contributed by atoms with Crippen LogP contribution in [-0.2, 0) is 0 Å². The van der Waals surface area contributed by atoms with Crippen LogP contribution < -0.4 is 10.5 Å². The molecule has 0 aliphatic heterocycles. The van der Waals surface area contributed by atoms with Crippen LogP contribution in [0.25, 0.3) is 0 Å². The summed E-state index contributed by atoms with van der Waals surface area (Å²) >= 11 is 0. The molecule has 72 valence electrons. The Balaban J connectivity index is 2.86. The average Bonchev–Trinajstić information content (AvgIpc) is 2.20. The summed E-state index contributed by atoms with van der Waals surface area (Å²) < 4.78 is 17.5. The second-order valence-corrected chi connectivity index (χ2v) is 2.86. The van der Waals surface area contributed by atoms with E-state index < -0.39 is 6.67 Å². The van der Waals surface area contributed by atoms with Crippen LogP contribution in [-0.4, -0.2) is 20.3 Å². The van der Waals surface area contributed by atoms with Crippen LogP contribution in [0, 0.1) is 0 Å². The molecule has 0 fully saturated rings. The molecule has 1 rings (SSSR count). The number of methoxy groups -OCH3 is 1. The van der Waals surface area contributed by atoms with Gasteiger partial charge in [-0.15, -0.1) is 0 Å². The lowest BCUT2D eigenvalue weighted by atomic mass is 10.0. The maximum absolute atomic E-state index is 12.5. The van der Waals surface area contributed by atoms with Gasteiger partial charge < -0.3 is 10.5 Å². The molecule has 0 aliphatic carbocycles. The Bertz CT molecular complexity index is 261. The lowest BCUT2D eigenvalue weighted by Gasteiger charge is -2.11. The summed E-state index contributed by atoms with van der Waals surface area (Å²) in [6.45, 7) is -0.104. The summed E-state index contributed by atoms with van der Waals surface area (Å²) in [5.41, 5.74) is 6.32. The first-order chi connectivity index (χ1) is 6.31. The van der Waals surface area contributed by atoms with Crippen molar-refractivity contribution in [2.75, 3.05) is 20.3 Å². The molecule has 1 unspecified atom stereocenters. The summed E-state index contributed by atoms with van der Waals surface area (Å²) in [4.78, 5) is 0. The third-order valence-electron chi connectivity index (χ3n) is 2.04. The van der Waals surface area contributed by atoms with E-state index in [2.05, 4.69) is 0 Å². The minimum atomic E-state index is -0.427. The van der Waals surface area contributed by atoms with E-state index in [-0.39, 0.29) is 5.92 Å². The minimum absolute atomic E-state index is 0.213. The largest absolute Gasteiger partial charge is 0.497 e. The quantitative estimate of drug-likeness (QED) is 0.771. The molecule has 0 saturated heterocycles. The van der Waals surface area contributed by atoms with Crippen molar-refractivity contribution in [3.63, 3.8) is 0 Å². The summed E-state index contributed by atoms with van der Waals surface area (Å²) in [6.07, 6.45) is 0. The van der Waals surface area contributed by atoms with Crippen molar-refractivity contribution in [2.24, 2.45) is 5.73 Å². The highest BCUT2D eigenvalue weighted by molar-refractivity contribution is 5.31. The fourth-order valence-corrected chi connectivity index (χ4v) is 1.18. The van der Waals surface area contributed by atoms with Gasteiger partial charge in [0.25, 0.3) is 0 Å². The van der Waals surface area contributed by atoms with E-state index in [0.717, 1.165) is 11.3 Å². The van der Waals surface area contributed by atoms with E-state index in [9.17, 15) is 4.39 Å². The highest BCUT2D eigenvalue weighted by Gasteiger charge is 2.09. The van der Waals surface area contributed by atoms with E-state index in [1.165, 1.54) is 0 Å². The highest BCUT2D eigenvalue weighted by atomic mass is 19.1. The van der Waals surface area contributed by atoms with Crippen LogP contribution in [0.5, 0.6) is 5.75 Å². The predicted octanol–water partition coefficient (Wildman–Crippen LogP) is 1.71. The molecule has 2 N–H and O–H groups in total. The molecule has 1 aromatic carbocycles. The van der Waals surface area contributed by atoms with Crippen molar-refractivity contribution in [1.82, 2.24) is 0 Å². The van der Waals surface area contributed by atoms with Crippen LogP contribution in [0.4, 0.5) is 4.39 Å². The highest BCUT2D eigenvalue weighted by Crippen LogP contribution is 2.20. The van der Waals surface area contributed by atoms with Gasteiger partial charge in [0, 0.05) is 12.5 Å². The molecule has 0 saturated carbocycles. The Kier molecular flexibility index (Phi) is 3.71. The van der Waals surface area contributed by atoms with Gasteiger partial charge in [-0.1, -0.05) is 12.1 Å². The SMILES string of the molecule is COc1cccc(C(CN)CF)c1. The predicted molar refractivity (Wildman–Crippen MR) is 50.8 cm³/mol. The second-order valence-electron chi connectivity index (χ2n) is 2.86. The fraction of sp³-hybridized carbons (Fsp3) is 0.400. The molecule has 0 aliphatic rings. The van der Waals surface area contributed by atoms with Crippen molar-refractivity contribution in [2.45, 2.75) is 5.92 Å². The summed E-state index contributed by atoms with van der Waals surface area (Å²) in [5, 5.41) is 0. The third kappa shape index (κ3) is 2.42. The summed E-state index contributed by atoms with van der Waals surface area (Å²) in [6, 6.07) is 7.35. The lowest BCUT2D eigenvalue weighted by Crippen LogP contribution is -2.14. The molecule has 0 spiro atoms. The average molecular weight is 183 g/mol. The number of nitrogens with two attached hydrogens (primary N) is 1. The van der Waals surface area contributed by atoms with Crippen LogP contribution in [0.2, 0.25) is 0 Å². The molecule has 13 heavy (non-hydrogen) atoms. The van der Waals surface area contributed by atoms with Gasteiger partial charge in [-0.2, -0.15) is 0 Å². The fourth-order valence-electron chi connectivity index (χ4n) is 1.18. The number of halogens is 1. The van der Waals surface area contributed by atoms with Gasteiger partial charge >= 0.3 is 0 Å². The molecule has 1 aromatic rings. The number of hydrogen-bond donors (Lipinski definition) is 1. The zero-order chi connectivity index (χ0) is 9.68. The van der Waals surface area contributed by atoms with Crippen LogP contribution in [0.1, 0.15) is 11.5 Å². The van der Waals surface area contributed by atoms with Crippen LogP contribution >= 0.6 is 0 Å². The lowest BCUT2D eigenvalue weighted by molar-refractivity contribution is 0.409. The Morgan fingerprint density at radius 2 is 2.31 bits per heavy atom. The smallest absolute Gasteiger partial charge is 0.119 e. The van der Waals surface area contributed by atoms with Crippen molar-refractivity contribution in [3.05, 3.63) is 29.8 Å². The van der Waals surface area contributed by atoms with Crippen LogP contribution in [0.3, 0.4) is 0 Å². The van der Waals surface area contributed by atoms with Gasteiger partial charge in [-0.05, 0) is 17.7 Å². The van der Waals surface area contributed by atoms with E-state index >= 15 is 0 Å². The Labute approximate surface area is 77.5 Å². The number of rotatable bonds is 4. The molecule has 0 bridgehead atoms. The van der Waals surface area contributed by atoms with Crippen LogP contribution in [0.15, 0.2) is 24.3 Å². The molecule has 1 atom stereocenters. The van der Waals surface area contributed by atoms with Crippen molar-refractivity contribution in [3.8, 4) is 5.75 Å². The number of ether oxygens (including phenoxy) is 1. The zero-order valence-electron chi connectivity index (χ0n) is 7.66. The van der Waals surface area contributed by atoms with Gasteiger partial charge in [0.1, 0.15) is 5.75 Å². The Morgan fingerprint density at radius 3 is 2.85 bits per heavy atom. The molecule has 3 heteroatoms. The van der Waals surface area contributed by atoms with Crippen molar-refractivity contribution >= 4 is 0 Å². The molecule has 2 nitrogen and oxygen atoms in total. The maximum atomic E-state index is 12.5. The number of alkyl halides is 1. The minimum Gasteiger partial charge on any atom is -0.497 e.